The fourth-order valence-corrected chi connectivity index (χ4v) is 5.46. The molecule has 132 valence electrons. The first-order valence-corrected chi connectivity index (χ1v) is 10.2. The van der Waals surface area contributed by atoms with Crippen LogP contribution >= 0.6 is 22.7 Å². The van der Waals surface area contributed by atoms with Gasteiger partial charge in [-0.2, -0.15) is 8.42 Å². The van der Waals surface area contributed by atoms with Crippen molar-refractivity contribution in [3.8, 4) is 0 Å². The van der Waals surface area contributed by atoms with E-state index in [0.717, 1.165) is 22.7 Å². The van der Waals surface area contributed by atoms with Crippen LogP contribution in [0.1, 0.15) is 0 Å². The van der Waals surface area contributed by atoms with Crippen LogP contribution in [0.4, 0.5) is 5.69 Å². The summed E-state index contributed by atoms with van der Waals surface area (Å²) >= 11 is 2.18. The van der Waals surface area contributed by atoms with Crippen LogP contribution in [0.2, 0.25) is 0 Å². The van der Waals surface area contributed by atoms with Gasteiger partial charge in [0.05, 0.1) is 21.7 Å². The third kappa shape index (κ3) is 3.63. The highest BCUT2D eigenvalue weighted by Gasteiger charge is 2.17. The number of thiophene rings is 1. The fourth-order valence-electron chi connectivity index (χ4n) is 2.20. The van der Waals surface area contributed by atoms with Gasteiger partial charge in [0.2, 0.25) is 4.80 Å². The van der Waals surface area contributed by atoms with E-state index in [2.05, 4.69) is 4.40 Å². The molecule has 0 saturated carbocycles. The number of fused-ring (bicyclic) bond motifs is 1. The first-order chi connectivity index (χ1) is 11.9. The van der Waals surface area contributed by atoms with E-state index in [0.29, 0.717) is 23.4 Å². The Morgan fingerprint density at radius 3 is 2.80 bits per heavy atom. The normalized spacial score (nSPS) is 12.8. The van der Waals surface area contributed by atoms with E-state index in [1.807, 2.05) is 0 Å². The Morgan fingerprint density at radius 2 is 2.16 bits per heavy atom. The van der Waals surface area contributed by atoms with Crippen molar-refractivity contribution in [2.45, 2.75) is 10.8 Å². The summed E-state index contributed by atoms with van der Waals surface area (Å²) in [5.41, 5.74) is 0.619. The van der Waals surface area contributed by atoms with Gasteiger partial charge in [-0.3, -0.25) is 10.1 Å². The van der Waals surface area contributed by atoms with E-state index in [1.165, 1.54) is 18.2 Å². The number of rotatable bonds is 6. The molecule has 2 heterocycles. The van der Waals surface area contributed by atoms with Gasteiger partial charge in [0.1, 0.15) is 4.21 Å². The molecule has 25 heavy (non-hydrogen) atoms. The van der Waals surface area contributed by atoms with Crippen LogP contribution in [0.3, 0.4) is 0 Å². The third-order valence-electron chi connectivity index (χ3n) is 3.34. The van der Waals surface area contributed by atoms with Crippen molar-refractivity contribution in [1.82, 2.24) is 4.57 Å². The predicted molar refractivity (Wildman–Crippen MR) is 95.4 cm³/mol. The van der Waals surface area contributed by atoms with Crippen LogP contribution < -0.4 is 4.80 Å². The van der Waals surface area contributed by atoms with Gasteiger partial charge in [0.15, 0.2) is 0 Å². The standard InChI is InChI=1S/C14H13N3O5S3/c1-22-7-6-16-11-5-4-10(17(18)19)9-12(11)24-14(16)15-25(20,21)13-3-2-8-23-13/h2-5,8-9H,6-7H2,1H3/b15-14-. The number of ether oxygens (including phenoxy) is 1. The maximum atomic E-state index is 12.4. The van der Waals surface area contributed by atoms with Gasteiger partial charge in [0.25, 0.3) is 15.7 Å². The largest absolute Gasteiger partial charge is 0.383 e. The second kappa shape index (κ2) is 7.04. The summed E-state index contributed by atoms with van der Waals surface area (Å²) in [5.74, 6) is 0. The van der Waals surface area contributed by atoms with Crippen molar-refractivity contribution in [2.75, 3.05) is 13.7 Å². The van der Waals surface area contributed by atoms with Gasteiger partial charge < -0.3 is 9.30 Å². The Labute approximate surface area is 150 Å². The number of non-ortho nitro benzene ring substituents is 1. The molecule has 0 N–H and O–H groups in total. The van der Waals surface area contributed by atoms with Gasteiger partial charge in [-0.1, -0.05) is 17.4 Å². The minimum Gasteiger partial charge on any atom is -0.383 e. The van der Waals surface area contributed by atoms with Crippen molar-refractivity contribution in [2.24, 2.45) is 4.40 Å². The SMILES string of the molecule is COCCn1/c(=N/S(=O)(=O)c2cccs2)sc2cc([N+](=O)[O-])ccc21. The van der Waals surface area contributed by atoms with Crippen molar-refractivity contribution in [3.63, 3.8) is 0 Å². The molecule has 0 fully saturated rings. The zero-order valence-corrected chi connectivity index (χ0v) is 15.4. The molecule has 11 heteroatoms. The number of methoxy groups -OCH3 is 1. The number of benzene rings is 1. The molecule has 2 aromatic heterocycles. The summed E-state index contributed by atoms with van der Waals surface area (Å²) < 4.78 is 36.3. The topological polar surface area (TPSA) is 104 Å². The number of nitro benzene ring substituents is 1. The number of nitrogens with zero attached hydrogens (tertiary/aromatic N) is 3. The molecule has 3 aromatic rings. The van der Waals surface area contributed by atoms with E-state index < -0.39 is 14.9 Å². The van der Waals surface area contributed by atoms with Crippen LogP contribution in [0.25, 0.3) is 10.2 Å². The number of hydrogen-bond donors (Lipinski definition) is 0. The molecule has 0 bridgehead atoms. The van der Waals surface area contributed by atoms with E-state index in [9.17, 15) is 18.5 Å². The maximum Gasteiger partial charge on any atom is 0.294 e. The van der Waals surface area contributed by atoms with Crippen molar-refractivity contribution in [3.05, 3.63) is 50.6 Å². The van der Waals surface area contributed by atoms with Crippen molar-refractivity contribution in [1.29, 1.82) is 0 Å². The molecule has 0 atom stereocenters. The molecular formula is C14H13N3O5S3. The lowest BCUT2D eigenvalue weighted by atomic mass is 10.3. The van der Waals surface area contributed by atoms with E-state index in [-0.39, 0.29) is 14.7 Å². The summed E-state index contributed by atoms with van der Waals surface area (Å²) in [6.45, 7) is 0.738. The smallest absolute Gasteiger partial charge is 0.294 e. The van der Waals surface area contributed by atoms with Crippen LogP contribution in [0, 0.1) is 10.1 Å². The summed E-state index contributed by atoms with van der Waals surface area (Å²) in [6, 6.07) is 7.52. The number of hydrogen-bond acceptors (Lipinski definition) is 7. The average Bonchev–Trinajstić information content (AvgIpc) is 3.20. The molecule has 3 rings (SSSR count). The summed E-state index contributed by atoms with van der Waals surface area (Å²) in [6.07, 6.45) is 0. The second-order valence-corrected chi connectivity index (χ2v) is 8.72. The first kappa shape index (κ1) is 17.7. The Hall–Kier alpha value is -2.08. The summed E-state index contributed by atoms with van der Waals surface area (Å²) in [4.78, 5) is 10.7. The summed E-state index contributed by atoms with van der Waals surface area (Å²) in [5, 5.41) is 12.6. The second-order valence-electron chi connectivity index (χ2n) is 4.94. The Kier molecular flexibility index (Phi) is 4.99. The molecule has 0 saturated heterocycles. The summed E-state index contributed by atoms with van der Waals surface area (Å²) in [7, 11) is -2.29. The number of sulfonamides is 1. The van der Waals surface area contributed by atoms with Gasteiger partial charge in [-0.25, -0.2) is 0 Å². The highest BCUT2D eigenvalue weighted by molar-refractivity contribution is 7.92. The highest BCUT2D eigenvalue weighted by atomic mass is 32.2. The molecule has 0 unspecified atom stereocenters. The lowest BCUT2D eigenvalue weighted by Crippen LogP contribution is -2.19. The van der Waals surface area contributed by atoms with Gasteiger partial charge >= 0.3 is 0 Å². The average molecular weight is 399 g/mol. The third-order valence-corrected chi connectivity index (χ3v) is 7.14. The highest BCUT2D eigenvalue weighted by Crippen LogP contribution is 2.24. The number of thiazole rings is 1. The molecule has 0 aliphatic carbocycles. The minimum atomic E-state index is -3.83. The first-order valence-electron chi connectivity index (χ1n) is 7.03. The molecule has 0 aliphatic rings. The number of nitro groups is 1. The lowest BCUT2D eigenvalue weighted by Gasteiger charge is -2.04. The van der Waals surface area contributed by atoms with Crippen LogP contribution in [0.5, 0.6) is 0 Å². The molecule has 0 aliphatic heterocycles. The van der Waals surface area contributed by atoms with Crippen LogP contribution in [0.15, 0.2) is 44.3 Å². The molecule has 0 radical (unpaired) electrons. The zero-order chi connectivity index (χ0) is 18.0. The molecule has 8 nitrogen and oxygen atoms in total. The lowest BCUT2D eigenvalue weighted by molar-refractivity contribution is -0.384. The minimum absolute atomic E-state index is 0.0553. The fraction of sp³-hybridized carbons (Fsp3) is 0.214. The number of aromatic nitrogens is 1. The molecule has 0 spiro atoms. The zero-order valence-electron chi connectivity index (χ0n) is 13.0. The van der Waals surface area contributed by atoms with E-state index in [4.69, 9.17) is 4.74 Å². The monoisotopic (exact) mass is 399 g/mol. The van der Waals surface area contributed by atoms with Crippen molar-refractivity contribution < 1.29 is 18.1 Å². The quantitative estimate of drug-likeness (QED) is 0.468. The van der Waals surface area contributed by atoms with Crippen LogP contribution in [-0.2, 0) is 21.3 Å². The van der Waals surface area contributed by atoms with Crippen LogP contribution in [-0.4, -0.2) is 31.6 Å². The Morgan fingerprint density at radius 1 is 1.36 bits per heavy atom. The maximum absolute atomic E-state index is 12.4. The van der Waals surface area contributed by atoms with Gasteiger partial charge in [-0.15, -0.1) is 15.7 Å². The van der Waals surface area contributed by atoms with E-state index in [1.54, 1.807) is 29.2 Å². The van der Waals surface area contributed by atoms with Crippen molar-refractivity contribution >= 4 is 48.6 Å². The Balaban J connectivity index is 2.22. The van der Waals surface area contributed by atoms with Gasteiger partial charge in [-0.05, 0) is 17.5 Å². The van der Waals surface area contributed by atoms with E-state index >= 15 is 0 Å². The molecule has 1 aromatic carbocycles. The van der Waals surface area contributed by atoms with Gasteiger partial charge in [0, 0.05) is 25.8 Å². The molecular weight excluding hydrogens is 386 g/mol. The predicted octanol–water partition coefficient (Wildman–Crippen LogP) is 2.61. The Bertz CT molecular complexity index is 1080. The molecule has 0 amide bonds.